The van der Waals surface area contributed by atoms with E-state index in [4.69, 9.17) is 18.0 Å². The van der Waals surface area contributed by atoms with Gasteiger partial charge in [-0.1, -0.05) is 29.7 Å². The van der Waals surface area contributed by atoms with E-state index in [9.17, 15) is 9.59 Å². The minimum absolute atomic E-state index is 0.0587. The summed E-state index contributed by atoms with van der Waals surface area (Å²) in [4.78, 5) is 28.8. The van der Waals surface area contributed by atoms with Crippen molar-refractivity contribution in [3.05, 3.63) is 34.9 Å². The van der Waals surface area contributed by atoms with Crippen LogP contribution in [0.5, 0.6) is 0 Å². The van der Waals surface area contributed by atoms with E-state index >= 15 is 0 Å². The zero-order valence-electron chi connectivity index (χ0n) is 15.3. The van der Waals surface area contributed by atoms with Crippen molar-refractivity contribution in [3.63, 3.8) is 0 Å². The zero-order chi connectivity index (χ0) is 19.2. The highest BCUT2D eigenvalue weighted by Crippen LogP contribution is 2.30. The predicted molar refractivity (Wildman–Crippen MR) is 105 cm³/mol. The number of nitrogens with one attached hydrogen (secondary N) is 2. The summed E-state index contributed by atoms with van der Waals surface area (Å²) in [6, 6.07) is 7.77. The van der Waals surface area contributed by atoms with Gasteiger partial charge in [-0.05, 0) is 17.7 Å². The summed E-state index contributed by atoms with van der Waals surface area (Å²) >= 11 is 5.98. The second-order valence-electron chi connectivity index (χ2n) is 7.01. The topological polar surface area (TPSA) is 64.7 Å². The Morgan fingerprint density at radius 2 is 1.89 bits per heavy atom. The summed E-state index contributed by atoms with van der Waals surface area (Å²) in [5.41, 5.74) is 1.14. The summed E-state index contributed by atoms with van der Waals surface area (Å²) in [6.07, 6.45) is 5.15. The minimum Gasteiger partial charge on any atom is -0.344 e. The number of benzene rings is 1. The highest BCUT2D eigenvalue weighted by molar-refractivity contribution is 6.30. The van der Waals surface area contributed by atoms with E-state index < -0.39 is 0 Å². The number of nitrogens with zero attached hydrogens (tertiary/aromatic N) is 2. The largest absolute Gasteiger partial charge is 0.344 e. The number of hydrogen-bond donors (Lipinski definition) is 2. The lowest BCUT2D eigenvalue weighted by atomic mass is 9.88. The summed E-state index contributed by atoms with van der Waals surface area (Å²) < 4.78 is 0. The van der Waals surface area contributed by atoms with Crippen LogP contribution in [0, 0.1) is 18.3 Å². The molecular weight excluding hydrogens is 364 g/mol. The molecule has 3 rings (SSSR count). The summed E-state index contributed by atoms with van der Waals surface area (Å²) in [6.45, 7) is 4.74. The first-order chi connectivity index (χ1) is 13.1. The Kier molecular flexibility index (Phi) is 6.73. The lowest BCUT2D eigenvalue weighted by Gasteiger charge is -2.36. The number of terminal acetylenes is 1. The molecule has 27 heavy (non-hydrogen) atoms. The average molecular weight is 389 g/mol. The smallest absolute Gasteiger partial charge is 0.234 e. The van der Waals surface area contributed by atoms with Gasteiger partial charge in [-0.3, -0.25) is 14.5 Å². The van der Waals surface area contributed by atoms with Crippen LogP contribution >= 0.6 is 11.6 Å². The molecule has 7 heteroatoms. The number of carbonyl (C=O) groups excluding carboxylic acids is 2. The Hall–Kier alpha value is -2.07. The molecule has 0 radical (unpaired) electrons. The minimum atomic E-state index is -0.0736. The Morgan fingerprint density at radius 3 is 2.56 bits per heavy atom. The molecule has 2 amide bonds. The molecular formula is C20H25ClN4O2. The monoisotopic (exact) mass is 388 g/mol. The Bertz CT molecular complexity index is 708. The number of carbonyl (C=O) groups is 2. The lowest BCUT2D eigenvalue weighted by molar-refractivity contribution is -0.137. The molecule has 2 atom stereocenters. The number of rotatable bonds is 5. The van der Waals surface area contributed by atoms with E-state index in [1.807, 2.05) is 29.2 Å². The van der Waals surface area contributed by atoms with Crippen molar-refractivity contribution in [2.45, 2.75) is 5.92 Å². The van der Waals surface area contributed by atoms with Crippen LogP contribution in [0.2, 0.25) is 5.02 Å². The molecule has 2 saturated heterocycles. The van der Waals surface area contributed by atoms with Crippen molar-refractivity contribution < 1.29 is 9.59 Å². The van der Waals surface area contributed by atoms with Crippen LogP contribution in [0.15, 0.2) is 24.3 Å². The number of amides is 2. The van der Waals surface area contributed by atoms with Gasteiger partial charge in [-0.15, -0.1) is 6.42 Å². The quantitative estimate of drug-likeness (QED) is 0.722. The third kappa shape index (κ3) is 5.01. The van der Waals surface area contributed by atoms with Crippen LogP contribution in [0.4, 0.5) is 0 Å². The average Bonchev–Trinajstić information content (AvgIpc) is 3.17. The molecule has 0 saturated carbocycles. The number of hydrogen-bond acceptors (Lipinski definition) is 4. The van der Waals surface area contributed by atoms with Gasteiger partial charge < -0.3 is 15.5 Å². The molecule has 6 nitrogen and oxygen atoms in total. The van der Waals surface area contributed by atoms with Crippen LogP contribution in [0.1, 0.15) is 11.5 Å². The van der Waals surface area contributed by atoms with Gasteiger partial charge in [0.15, 0.2) is 0 Å². The SMILES string of the molecule is C#CCNC(=O)CN1CCN(C(=O)[C@@H]2CNC[C@H]2c2ccc(Cl)cc2)CC1. The maximum atomic E-state index is 13.1. The predicted octanol–water partition coefficient (Wildman–Crippen LogP) is 0.537. The molecule has 2 heterocycles. The molecule has 0 bridgehead atoms. The highest BCUT2D eigenvalue weighted by atomic mass is 35.5. The van der Waals surface area contributed by atoms with Crippen LogP contribution in [-0.2, 0) is 9.59 Å². The third-order valence-electron chi connectivity index (χ3n) is 5.27. The van der Waals surface area contributed by atoms with Crippen LogP contribution in [-0.4, -0.2) is 74.0 Å². The molecule has 0 spiro atoms. The maximum absolute atomic E-state index is 13.1. The van der Waals surface area contributed by atoms with Crippen molar-refractivity contribution in [3.8, 4) is 12.3 Å². The van der Waals surface area contributed by atoms with Gasteiger partial charge in [0.1, 0.15) is 0 Å². The van der Waals surface area contributed by atoms with Crippen molar-refractivity contribution in [1.29, 1.82) is 0 Å². The molecule has 0 aromatic heterocycles. The molecule has 144 valence electrons. The molecule has 0 unspecified atom stereocenters. The van der Waals surface area contributed by atoms with E-state index in [0.717, 1.165) is 12.1 Å². The van der Waals surface area contributed by atoms with E-state index in [2.05, 4.69) is 21.5 Å². The zero-order valence-corrected chi connectivity index (χ0v) is 16.0. The molecule has 0 aliphatic carbocycles. The normalized spacial score (nSPS) is 23.0. The second kappa shape index (κ2) is 9.23. The summed E-state index contributed by atoms with van der Waals surface area (Å²) in [5, 5.41) is 6.73. The van der Waals surface area contributed by atoms with Gasteiger partial charge in [0.05, 0.1) is 19.0 Å². The van der Waals surface area contributed by atoms with Crippen LogP contribution in [0.3, 0.4) is 0 Å². The Morgan fingerprint density at radius 1 is 1.19 bits per heavy atom. The fourth-order valence-electron chi connectivity index (χ4n) is 3.77. The number of halogens is 1. The first kappa shape index (κ1) is 19.7. The van der Waals surface area contributed by atoms with Gasteiger partial charge in [-0.2, -0.15) is 0 Å². The first-order valence-corrected chi connectivity index (χ1v) is 9.63. The van der Waals surface area contributed by atoms with Gasteiger partial charge in [0.2, 0.25) is 11.8 Å². The molecule has 2 aliphatic rings. The maximum Gasteiger partial charge on any atom is 0.234 e. The van der Waals surface area contributed by atoms with Crippen molar-refractivity contribution >= 4 is 23.4 Å². The van der Waals surface area contributed by atoms with Gasteiger partial charge in [0, 0.05) is 50.2 Å². The van der Waals surface area contributed by atoms with E-state index in [0.29, 0.717) is 44.3 Å². The molecule has 1 aromatic rings. The summed E-state index contributed by atoms with van der Waals surface area (Å²) in [7, 11) is 0. The van der Waals surface area contributed by atoms with Crippen LogP contribution < -0.4 is 10.6 Å². The molecule has 2 N–H and O–H groups in total. The van der Waals surface area contributed by atoms with Crippen LogP contribution in [0.25, 0.3) is 0 Å². The molecule has 1 aromatic carbocycles. The molecule has 2 aliphatic heterocycles. The second-order valence-corrected chi connectivity index (χ2v) is 7.44. The van der Waals surface area contributed by atoms with Crippen molar-refractivity contribution in [2.24, 2.45) is 5.92 Å². The number of piperazine rings is 1. The van der Waals surface area contributed by atoms with E-state index in [-0.39, 0.29) is 30.2 Å². The fraction of sp³-hybridized carbons (Fsp3) is 0.500. The van der Waals surface area contributed by atoms with Gasteiger partial charge in [0.25, 0.3) is 0 Å². The van der Waals surface area contributed by atoms with Gasteiger partial charge in [-0.25, -0.2) is 0 Å². The highest BCUT2D eigenvalue weighted by Gasteiger charge is 2.37. The van der Waals surface area contributed by atoms with E-state index in [1.54, 1.807) is 0 Å². The Balaban J connectivity index is 1.53. The van der Waals surface area contributed by atoms with E-state index in [1.165, 1.54) is 0 Å². The van der Waals surface area contributed by atoms with Crippen molar-refractivity contribution in [2.75, 3.05) is 52.4 Å². The van der Waals surface area contributed by atoms with Crippen molar-refractivity contribution in [1.82, 2.24) is 20.4 Å². The third-order valence-corrected chi connectivity index (χ3v) is 5.52. The Labute approximate surface area is 165 Å². The van der Waals surface area contributed by atoms with Gasteiger partial charge >= 0.3 is 0 Å². The lowest BCUT2D eigenvalue weighted by Crippen LogP contribution is -2.52. The summed E-state index contributed by atoms with van der Waals surface area (Å²) in [5.74, 6) is 2.62. The first-order valence-electron chi connectivity index (χ1n) is 9.26. The standard InChI is InChI=1S/C20H25ClN4O2/c1-2-7-23-19(26)14-24-8-10-25(11-9-24)20(27)18-13-22-12-17(18)15-3-5-16(21)6-4-15/h1,3-6,17-18,22H,7-14H2,(H,23,26)/t17-,18+/m0/s1. The fourth-order valence-corrected chi connectivity index (χ4v) is 3.89. The molecule has 2 fully saturated rings.